The maximum absolute atomic E-state index is 11.3. The molecule has 0 spiro atoms. The standard InChI is InChI=1S/C34H43N3O10/c1-2-3-4-5-6-13-18-40-33-25(36-37-35)30(29-24(43-33)20-42-32(46-29)22-16-11-8-12-17-22)47-34-27(39)26(38)28-23(44-34)19-41-31(45-28)21-14-9-7-10-15-21/h2,7-12,14-17,23-34,38-39H,1,3-6,13,18-20H2/t23?,24?,25?,26-,27?,28+,29+,30-,31?,32?,33-,34+/m1/s1. The van der Waals surface area contributed by atoms with Crippen LogP contribution in [-0.4, -0.2) is 91.4 Å². The number of allylic oxidation sites excluding steroid dienone is 1. The summed E-state index contributed by atoms with van der Waals surface area (Å²) < 4.78 is 49.4. The molecule has 6 rings (SSSR count). The van der Waals surface area contributed by atoms with Crippen LogP contribution in [0.4, 0.5) is 0 Å². The first kappa shape index (κ1) is 34.0. The van der Waals surface area contributed by atoms with Crippen LogP contribution in [0.1, 0.15) is 55.8 Å². The molecule has 13 nitrogen and oxygen atoms in total. The summed E-state index contributed by atoms with van der Waals surface area (Å²) in [5.74, 6) is 0. The van der Waals surface area contributed by atoms with Crippen molar-refractivity contribution in [3.8, 4) is 0 Å². The van der Waals surface area contributed by atoms with Gasteiger partial charge in [-0.05, 0) is 24.8 Å². The zero-order valence-corrected chi connectivity index (χ0v) is 26.1. The molecule has 47 heavy (non-hydrogen) atoms. The molecular weight excluding hydrogens is 610 g/mol. The van der Waals surface area contributed by atoms with Crippen molar-refractivity contribution in [2.75, 3.05) is 19.8 Å². The van der Waals surface area contributed by atoms with Crippen LogP contribution in [-0.2, 0) is 37.9 Å². The highest BCUT2D eigenvalue weighted by Gasteiger charge is 2.55. The van der Waals surface area contributed by atoms with Crippen LogP contribution in [0.25, 0.3) is 10.4 Å². The topological polar surface area (TPSA) is 163 Å². The molecule has 4 fully saturated rings. The number of fused-ring (bicyclic) bond motifs is 2. The molecule has 2 aromatic carbocycles. The molecule has 0 saturated carbocycles. The molecule has 0 radical (unpaired) electrons. The Kier molecular flexibility index (Phi) is 11.9. The summed E-state index contributed by atoms with van der Waals surface area (Å²) in [5.41, 5.74) is 11.2. The maximum atomic E-state index is 11.3. The van der Waals surface area contributed by atoms with Crippen LogP contribution >= 0.6 is 0 Å². The van der Waals surface area contributed by atoms with Gasteiger partial charge in [-0.2, -0.15) is 0 Å². The first-order valence-corrected chi connectivity index (χ1v) is 16.3. The molecule has 13 heteroatoms. The second kappa shape index (κ2) is 16.5. The van der Waals surface area contributed by atoms with Crippen molar-refractivity contribution < 1.29 is 48.1 Å². The number of azide groups is 1. The summed E-state index contributed by atoms with van der Waals surface area (Å²) in [6.45, 7) is 4.38. The Morgan fingerprint density at radius 2 is 1.38 bits per heavy atom. The molecule has 254 valence electrons. The highest BCUT2D eigenvalue weighted by Crippen LogP contribution is 2.40. The molecule has 0 aliphatic carbocycles. The number of nitrogens with zero attached hydrogens (tertiary/aromatic N) is 3. The lowest BCUT2D eigenvalue weighted by atomic mass is 9.94. The Labute approximate surface area is 273 Å². The second-order valence-corrected chi connectivity index (χ2v) is 12.1. The number of rotatable bonds is 13. The fraction of sp³-hybridized carbons (Fsp3) is 0.588. The van der Waals surface area contributed by atoms with Gasteiger partial charge in [-0.3, -0.25) is 0 Å². The molecule has 4 saturated heterocycles. The van der Waals surface area contributed by atoms with Crippen LogP contribution < -0.4 is 0 Å². The third kappa shape index (κ3) is 8.05. The molecule has 2 N–H and O–H groups in total. The molecule has 0 aromatic heterocycles. The van der Waals surface area contributed by atoms with E-state index in [-0.39, 0.29) is 13.2 Å². The van der Waals surface area contributed by atoms with Gasteiger partial charge >= 0.3 is 0 Å². The van der Waals surface area contributed by atoms with E-state index in [1.807, 2.05) is 66.7 Å². The molecule has 6 unspecified atom stereocenters. The zero-order chi connectivity index (χ0) is 32.6. The van der Waals surface area contributed by atoms with Crippen LogP contribution in [0.3, 0.4) is 0 Å². The summed E-state index contributed by atoms with van der Waals surface area (Å²) >= 11 is 0. The quantitative estimate of drug-likeness (QED) is 0.103. The van der Waals surface area contributed by atoms with Gasteiger partial charge in [-0.25, -0.2) is 0 Å². The van der Waals surface area contributed by atoms with Crippen molar-refractivity contribution in [1.82, 2.24) is 0 Å². The van der Waals surface area contributed by atoms with E-state index in [1.54, 1.807) is 0 Å². The number of aliphatic hydroxyl groups excluding tert-OH is 2. The molecule has 4 heterocycles. The van der Waals surface area contributed by atoms with Crippen LogP contribution in [0.2, 0.25) is 0 Å². The Morgan fingerprint density at radius 1 is 0.787 bits per heavy atom. The lowest BCUT2D eigenvalue weighted by molar-refractivity contribution is -0.393. The highest BCUT2D eigenvalue weighted by molar-refractivity contribution is 5.18. The van der Waals surface area contributed by atoms with Gasteiger partial charge in [0.25, 0.3) is 0 Å². The molecule has 0 bridgehead atoms. The van der Waals surface area contributed by atoms with Crippen molar-refractivity contribution >= 4 is 0 Å². The molecule has 12 atom stereocenters. The van der Waals surface area contributed by atoms with E-state index < -0.39 is 73.9 Å². The summed E-state index contributed by atoms with van der Waals surface area (Å²) in [4.78, 5) is 3.08. The molecule has 4 aliphatic rings. The normalized spacial score (nSPS) is 36.8. The van der Waals surface area contributed by atoms with Crippen LogP contribution in [0.15, 0.2) is 78.4 Å². The predicted octanol–water partition coefficient (Wildman–Crippen LogP) is 4.60. The molecule has 0 amide bonds. The third-order valence-corrected chi connectivity index (χ3v) is 8.84. The zero-order valence-electron chi connectivity index (χ0n) is 26.1. The fourth-order valence-corrected chi connectivity index (χ4v) is 6.38. The lowest BCUT2D eigenvalue weighted by Gasteiger charge is -2.51. The summed E-state index contributed by atoms with van der Waals surface area (Å²) in [7, 11) is 0. The Balaban J connectivity index is 1.19. The summed E-state index contributed by atoms with van der Waals surface area (Å²) in [5, 5.41) is 26.5. The van der Waals surface area contributed by atoms with Gasteiger partial charge in [0.1, 0.15) is 48.8 Å². The smallest absolute Gasteiger partial charge is 0.187 e. The van der Waals surface area contributed by atoms with Crippen LogP contribution in [0.5, 0.6) is 0 Å². The molecule has 2 aromatic rings. The van der Waals surface area contributed by atoms with Gasteiger partial charge in [0.05, 0.1) is 13.2 Å². The average molecular weight is 654 g/mol. The van der Waals surface area contributed by atoms with Gasteiger partial charge in [-0.1, -0.05) is 84.7 Å². The third-order valence-electron chi connectivity index (χ3n) is 8.84. The van der Waals surface area contributed by atoms with E-state index in [2.05, 4.69) is 16.6 Å². The molecule has 4 aliphatic heterocycles. The van der Waals surface area contributed by atoms with Crippen molar-refractivity contribution in [3.63, 3.8) is 0 Å². The van der Waals surface area contributed by atoms with E-state index in [9.17, 15) is 15.7 Å². The summed E-state index contributed by atoms with van der Waals surface area (Å²) in [6, 6.07) is 17.7. The van der Waals surface area contributed by atoms with Crippen molar-refractivity contribution in [3.05, 3.63) is 94.9 Å². The van der Waals surface area contributed by atoms with Gasteiger partial charge in [0.15, 0.2) is 25.2 Å². The van der Waals surface area contributed by atoms with E-state index in [0.29, 0.717) is 6.61 Å². The van der Waals surface area contributed by atoms with E-state index in [4.69, 9.17) is 37.9 Å². The van der Waals surface area contributed by atoms with Crippen molar-refractivity contribution in [1.29, 1.82) is 0 Å². The number of ether oxygens (including phenoxy) is 8. The average Bonchev–Trinajstić information content (AvgIpc) is 3.11. The lowest BCUT2D eigenvalue weighted by Crippen LogP contribution is -2.66. The minimum absolute atomic E-state index is 0.0897. The molecular formula is C34H43N3O10. The Bertz CT molecular complexity index is 1320. The number of aliphatic hydroxyl groups is 2. The number of benzene rings is 2. The van der Waals surface area contributed by atoms with Gasteiger partial charge in [0, 0.05) is 22.6 Å². The van der Waals surface area contributed by atoms with Crippen LogP contribution in [0, 0.1) is 0 Å². The fourth-order valence-electron chi connectivity index (χ4n) is 6.38. The minimum Gasteiger partial charge on any atom is -0.387 e. The monoisotopic (exact) mass is 653 g/mol. The van der Waals surface area contributed by atoms with E-state index in [0.717, 1.165) is 43.2 Å². The van der Waals surface area contributed by atoms with Crippen molar-refractivity contribution in [2.24, 2.45) is 5.11 Å². The largest absolute Gasteiger partial charge is 0.387 e. The number of hydrogen-bond acceptors (Lipinski definition) is 11. The Hall–Kier alpha value is -2.91. The summed E-state index contributed by atoms with van der Waals surface area (Å²) in [6.07, 6.45) is -3.97. The second-order valence-electron chi connectivity index (χ2n) is 12.1. The van der Waals surface area contributed by atoms with Gasteiger partial charge in [-0.15, -0.1) is 6.58 Å². The van der Waals surface area contributed by atoms with E-state index >= 15 is 0 Å². The maximum Gasteiger partial charge on any atom is 0.187 e. The van der Waals surface area contributed by atoms with E-state index in [1.165, 1.54) is 0 Å². The van der Waals surface area contributed by atoms with Crippen molar-refractivity contribution in [2.45, 2.75) is 106 Å². The first-order chi connectivity index (χ1) is 23.1. The number of unbranched alkanes of at least 4 members (excludes halogenated alkanes) is 4. The SMILES string of the molecule is C=CCCCCCCO[C@@H]1OC2COC(c3ccccc3)O[C@@H]2[C@H](O[C@@H]2OC3COC(c4ccccc4)O[C@@H]3[C@H](O)C2O)C1N=[N+]=[N-]. The van der Waals surface area contributed by atoms with Gasteiger partial charge in [0.2, 0.25) is 0 Å². The number of hydrogen-bond donors (Lipinski definition) is 2. The van der Waals surface area contributed by atoms with Gasteiger partial charge < -0.3 is 48.1 Å². The minimum atomic E-state index is -1.50. The predicted molar refractivity (Wildman–Crippen MR) is 166 cm³/mol. The highest BCUT2D eigenvalue weighted by atomic mass is 16.8. The first-order valence-electron chi connectivity index (χ1n) is 16.3. The Morgan fingerprint density at radius 3 is 2.02 bits per heavy atom.